The lowest BCUT2D eigenvalue weighted by molar-refractivity contribution is -0.122. The molecule has 0 aliphatic carbocycles. The van der Waals surface area contributed by atoms with Crippen LogP contribution in [0.15, 0.2) is 42.5 Å². The first-order valence-corrected chi connectivity index (χ1v) is 8.55. The Kier molecular flexibility index (Phi) is 4.12. The van der Waals surface area contributed by atoms with Gasteiger partial charge < -0.3 is 19.7 Å². The van der Waals surface area contributed by atoms with Crippen LogP contribution < -0.4 is 10.1 Å². The minimum Gasteiger partial charge on any atom is -0.497 e. The maximum absolute atomic E-state index is 13.1. The number of hydrogen-bond donors (Lipinski definition) is 1. The molecular weight excluding hydrogens is 332 g/mol. The highest BCUT2D eigenvalue weighted by Gasteiger charge is 2.44. The van der Waals surface area contributed by atoms with E-state index in [1.54, 1.807) is 25.2 Å². The van der Waals surface area contributed by atoms with E-state index in [0.29, 0.717) is 24.2 Å². The number of methoxy groups -OCH3 is 2. The van der Waals surface area contributed by atoms with Crippen LogP contribution in [0.25, 0.3) is 11.1 Å². The van der Waals surface area contributed by atoms with Crippen molar-refractivity contribution in [3.8, 4) is 16.9 Å². The molecule has 1 N–H and O–H groups in total. The van der Waals surface area contributed by atoms with Crippen LogP contribution in [0.1, 0.15) is 16.8 Å². The third-order valence-corrected chi connectivity index (χ3v) is 5.11. The van der Waals surface area contributed by atoms with Gasteiger partial charge in [0, 0.05) is 13.7 Å². The standard InChI is InChI=1S/C20H20N2O4/c1-25-14-6-3-12(4-7-14)13-5-8-16-15(11-13)20(24)22-10-9-17(26-2)18(22)19(23)21-16/h3-8,11,17-18H,9-10H2,1-2H3,(H,21,23)/t17-,18+/m1/s1. The number of carbonyl (C=O) groups excluding carboxylic acids is 2. The fourth-order valence-corrected chi connectivity index (χ4v) is 3.70. The number of nitrogens with one attached hydrogen (secondary N) is 1. The van der Waals surface area contributed by atoms with Crippen molar-refractivity contribution < 1.29 is 19.1 Å². The van der Waals surface area contributed by atoms with Crippen LogP contribution in [0.3, 0.4) is 0 Å². The number of carbonyl (C=O) groups is 2. The van der Waals surface area contributed by atoms with E-state index < -0.39 is 6.04 Å². The van der Waals surface area contributed by atoms with Gasteiger partial charge in [-0.05, 0) is 41.8 Å². The summed E-state index contributed by atoms with van der Waals surface area (Å²) in [5.74, 6) is 0.439. The minimum atomic E-state index is -0.579. The quantitative estimate of drug-likeness (QED) is 0.922. The fourth-order valence-electron chi connectivity index (χ4n) is 3.70. The zero-order chi connectivity index (χ0) is 18.3. The molecule has 2 aromatic carbocycles. The lowest BCUT2D eigenvalue weighted by atomic mass is 10.0. The maximum Gasteiger partial charge on any atom is 0.256 e. The van der Waals surface area contributed by atoms with E-state index in [2.05, 4.69) is 5.32 Å². The summed E-state index contributed by atoms with van der Waals surface area (Å²) in [4.78, 5) is 27.3. The van der Waals surface area contributed by atoms with Crippen LogP contribution in [-0.4, -0.2) is 49.6 Å². The van der Waals surface area contributed by atoms with E-state index in [1.165, 1.54) is 0 Å². The molecule has 26 heavy (non-hydrogen) atoms. The Bertz CT molecular complexity index is 863. The smallest absolute Gasteiger partial charge is 0.256 e. The number of nitrogens with zero attached hydrogens (tertiary/aromatic N) is 1. The number of amides is 2. The molecule has 0 unspecified atom stereocenters. The monoisotopic (exact) mass is 352 g/mol. The summed E-state index contributed by atoms with van der Waals surface area (Å²) in [6.45, 7) is 0.516. The van der Waals surface area contributed by atoms with Gasteiger partial charge in [-0.15, -0.1) is 0 Å². The van der Waals surface area contributed by atoms with Gasteiger partial charge in [-0.1, -0.05) is 18.2 Å². The highest BCUT2D eigenvalue weighted by Crippen LogP contribution is 2.33. The van der Waals surface area contributed by atoms with E-state index >= 15 is 0 Å². The van der Waals surface area contributed by atoms with Crippen molar-refractivity contribution in [3.63, 3.8) is 0 Å². The molecule has 6 heteroatoms. The second-order valence-electron chi connectivity index (χ2n) is 6.48. The zero-order valence-electron chi connectivity index (χ0n) is 14.7. The SMILES string of the molecule is COc1ccc(-c2ccc3c(c2)C(=O)N2CC[C@@H](OC)[C@H]2C(=O)N3)cc1. The first-order chi connectivity index (χ1) is 12.6. The van der Waals surface area contributed by atoms with E-state index in [1.807, 2.05) is 36.4 Å². The summed E-state index contributed by atoms with van der Waals surface area (Å²) < 4.78 is 10.6. The third-order valence-electron chi connectivity index (χ3n) is 5.11. The van der Waals surface area contributed by atoms with Crippen molar-refractivity contribution >= 4 is 17.5 Å². The maximum atomic E-state index is 13.1. The van der Waals surface area contributed by atoms with E-state index in [-0.39, 0.29) is 17.9 Å². The second-order valence-corrected chi connectivity index (χ2v) is 6.48. The molecule has 0 saturated carbocycles. The lowest BCUT2D eigenvalue weighted by Crippen LogP contribution is -2.46. The summed E-state index contributed by atoms with van der Waals surface area (Å²) in [5, 5.41) is 2.88. The van der Waals surface area contributed by atoms with Crippen molar-refractivity contribution in [1.82, 2.24) is 4.90 Å². The van der Waals surface area contributed by atoms with Gasteiger partial charge in [0.2, 0.25) is 5.91 Å². The summed E-state index contributed by atoms with van der Waals surface area (Å²) in [6.07, 6.45) is 0.391. The molecule has 2 atom stereocenters. The van der Waals surface area contributed by atoms with Gasteiger partial charge in [-0.3, -0.25) is 9.59 Å². The normalized spacial score (nSPS) is 21.7. The Morgan fingerprint density at radius 1 is 1.04 bits per heavy atom. The molecule has 0 aromatic heterocycles. The molecule has 0 radical (unpaired) electrons. The molecule has 2 aromatic rings. The molecule has 2 amide bonds. The van der Waals surface area contributed by atoms with Crippen molar-refractivity contribution in [1.29, 1.82) is 0 Å². The number of benzene rings is 2. The number of rotatable bonds is 3. The highest BCUT2D eigenvalue weighted by molar-refractivity contribution is 6.11. The molecule has 2 aliphatic heterocycles. The molecule has 4 rings (SSSR count). The topological polar surface area (TPSA) is 67.9 Å². The second kappa shape index (κ2) is 6.46. The third kappa shape index (κ3) is 2.63. The van der Waals surface area contributed by atoms with Gasteiger partial charge in [0.1, 0.15) is 11.8 Å². The van der Waals surface area contributed by atoms with Crippen LogP contribution >= 0.6 is 0 Å². The highest BCUT2D eigenvalue weighted by atomic mass is 16.5. The zero-order valence-corrected chi connectivity index (χ0v) is 14.7. The summed E-state index contributed by atoms with van der Waals surface area (Å²) in [7, 11) is 3.20. The van der Waals surface area contributed by atoms with Gasteiger partial charge in [-0.25, -0.2) is 0 Å². The molecule has 0 bridgehead atoms. The average molecular weight is 352 g/mol. The fraction of sp³-hybridized carbons (Fsp3) is 0.300. The van der Waals surface area contributed by atoms with Crippen molar-refractivity contribution in [2.75, 3.05) is 26.1 Å². The molecule has 1 saturated heterocycles. The van der Waals surface area contributed by atoms with Gasteiger partial charge in [0.15, 0.2) is 0 Å². The predicted molar refractivity (Wildman–Crippen MR) is 97.3 cm³/mol. The summed E-state index contributed by atoms with van der Waals surface area (Å²) >= 11 is 0. The van der Waals surface area contributed by atoms with Crippen LogP contribution in [0.4, 0.5) is 5.69 Å². The number of ether oxygens (including phenoxy) is 2. The van der Waals surface area contributed by atoms with Crippen molar-refractivity contribution in [2.45, 2.75) is 18.6 Å². The average Bonchev–Trinajstić information content (AvgIpc) is 3.08. The van der Waals surface area contributed by atoms with Gasteiger partial charge in [-0.2, -0.15) is 0 Å². The number of fused-ring (bicyclic) bond motifs is 2. The number of hydrogen-bond acceptors (Lipinski definition) is 4. The van der Waals surface area contributed by atoms with E-state index in [4.69, 9.17) is 9.47 Å². The largest absolute Gasteiger partial charge is 0.497 e. The first-order valence-electron chi connectivity index (χ1n) is 8.55. The Balaban J connectivity index is 1.73. The minimum absolute atomic E-state index is 0.140. The molecular formula is C20H20N2O4. The van der Waals surface area contributed by atoms with Gasteiger partial charge in [0.25, 0.3) is 5.91 Å². The van der Waals surface area contributed by atoms with Crippen LogP contribution in [0.2, 0.25) is 0 Å². The molecule has 0 spiro atoms. The van der Waals surface area contributed by atoms with Gasteiger partial charge in [0.05, 0.1) is 24.5 Å². The van der Waals surface area contributed by atoms with Crippen LogP contribution in [-0.2, 0) is 9.53 Å². The summed E-state index contributed by atoms with van der Waals surface area (Å²) in [5.41, 5.74) is 2.94. The van der Waals surface area contributed by atoms with Gasteiger partial charge >= 0.3 is 0 Å². The number of anilines is 1. The molecule has 2 aliphatic rings. The van der Waals surface area contributed by atoms with Crippen LogP contribution in [0.5, 0.6) is 5.75 Å². The molecule has 1 fully saturated rings. The lowest BCUT2D eigenvalue weighted by Gasteiger charge is -2.23. The first kappa shape index (κ1) is 16.6. The van der Waals surface area contributed by atoms with E-state index in [0.717, 1.165) is 16.9 Å². The van der Waals surface area contributed by atoms with E-state index in [9.17, 15) is 9.59 Å². The molecule has 2 heterocycles. The Morgan fingerprint density at radius 3 is 2.46 bits per heavy atom. The summed E-state index contributed by atoms with van der Waals surface area (Å²) in [6, 6.07) is 12.6. The molecule has 134 valence electrons. The predicted octanol–water partition coefficient (Wildman–Crippen LogP) is 2.54. The Morgan fingerprint density at radius 2 is 1.77 bits per heavy atom. The van der Waals surface area contributed by atoms with Crippen LogP contribution in [0, 0.1) is 0 Å². The van der Waals surface area contributed by atoms with Crippen molar-refractivity contribution in [3.05, 3.63) is 48.0 Å². The van der Waals surface area contributed by atoms with Crippen molar-refractivity contribution in [2.24, 2.45) is 0 Å². The molecule has 6 nitrogen and oxygen atoms in total. The Hall–Kier alpha value is -2.86. The Labute approximate surface area is 151 Å².